The molecular weight excluding hydrogens is 188 g/mol. The Morgan fingerprint density at radius 1 is 1.20 bits per heavy atom. The molecule has 0 spiro atoms. The molecular formula is C13H20O2. The van der Waals surface area contributed by atoms with Gasteiger partial charge in [-0.25, -0.2) is 0 Å². The third-order valence-electron chi connectivity index (χ3n) is 2.44. The standard InChI is InChI=1S/C13H20O2/c1-3-5-6-9-15-13-10-11(4-2)7-8-12(13)14/h7-8,10,14H,3-6,9H2,1-2H3. The van der Waals surface area contributed by atoms with E-state index in [9.17, 15) is 5.11 Å². The second-order valence-corrected chi connectivity index (χ2v) is 3.71. The van der Waals surface area contributed by atoms with Gasteiger partial charge in [0.1, 0.15) is 0 Å². The van der Waals surface area contributed by atoms with E-state index in [0.29, 0.717) is 12.4 Å². The van der Waals surface area contributed by atoms with Crippen LogP contribution in [0.3, 0.4) is 0 Å². The summed E-state index contributed by atoms with van der Waals surface area (Å²) in [5.74, 6) is 0.856. The molecule has 1 aromatic rings. The Kier molecular flexibility index (Phi) is 5.02. The molecule has 1 rings (SSSR count). The molecule has 84 valence electrons. The fourth-order valence-electron chi connectivity index (χ4n) is 1.43. The molecule has 0 unspecified atom stereocenters. The Hall–Kier alpha value is -1.18. The number of phenols is 1. The summed E-state index contributed by atoms with van der Waals surface area (Å²) in [6, 6.07) is 5.55. The number of unbranched alkanes of at least 4 members (excludes halogenated alkanes) is 2. The first-order valence-corrected chi connectivity index (χ1v) is 5.72. The lowest BCUT2D eigenvalue weighted by Crippen LogP contribution is -1.97. The van der Waals surface area contributed by atoms with E-state index in [1.54, 1.807) is 6.07 Å². The van der Waals surface area contributed by atoms with E-state index in [0.717, 1.165) is 12.8 Å². The van der Waals surface area contributed by atoms with Crippen molar-refractivity contribution < 1.29 is 9.84 Å². The Bertz CT molecular complexity index is 295. The number of hydrogen-bond donors (Lipinski definition) is 1. The van der Waals surface area contributed by atoms with Gasteiger partial charge in [-0.1, -0.05) is 32.8 Å². The number of hydrogen-bond acceptors (Lipinski definition) is 2. The maximum Gasteiger partial charge on any atom is 0.161 e. The Labute approximate surface area is 91.9 Å². The lowest BCUT2D eigenvalue weighted by atomic mass is 10.1. The highest BCUT2D eigenvalue weighted by Crippen LogP contribution is 2.27. The summed E-state index contributed by atoms with van der Waals surface area (Å²) in [7, 11) is 0. The van der Waals surface area contributed by atoms with Crippen molar-refractivity contribution in [3.63, 3.8) is 0 Å². The summed E-state index contributed by atoms with van der Waals surface area (Å²) in [4.78, 5) is 0. The highest BCUT2D eigenvalue weighted by atomic mass is 16.5. The minimum atomic E-state index is 0.240. The number of aromatic hydroxyl groups is 1. The molecule has 0 saturated heterocycles. The van der Waals surface area contributed by atoms with Crippen LogP contribution in [-0.2, 0) is 6.42 Å². The smallest absolute Gasteiger partial charge is 0.161 e. The molecule has 0 heterocycles. The van der Waals surface area contributed by atoms with Gasteiger partial charge in [0.15, 0.2) is 11.5 Å². The molecule has 0 amide bonds. The molecule has 0 saturated carbocycles. The molecule has 0 radical (unpaired) electrons. The summed E-state index contributed by atoms with van der Waals surface area (Å²) < 4.78 is 5.53. The molecule has 0 aromatic heterocycles. The maximum atomic E-state index is 9.56. The van der Waals surface area contributed by atoms with Gasteiger partial charge < -0.3 is 9.84 Å². The van der Waals surface area contributed by atoms with Gasteiger partial charge in [-0.3, -0.25) is 0 Å². The van der Waals surface area contributed by atoms with Crippen molar-refractivity contribution in [2.75, 3.05) is 6.61 Å². The SMILES string of the molecule is CCCCCOc1cc(CC)ccc1O. The highest BCUT2D eigenvalue weighted by molar-refractivity contribution is 5.41. The second kappa shape index (κ2) is 6.33. The van der Waals surface area contributed by atoms with Gasteiger partial charge in [-0.15, -0.1) is 0 Å². The summed E-state index contributed by atoms with van der Waals surface area (Å²) in [6.07, 6.45) is 4.37. The van der Waals surface area contributed by atoms with Gasteiger partial charge in [0.25, 0.3) is 0 Å². The largest absolute Gasteiger partial charge is 0.504 e. The number of rotatable bonds is 6. The zero-order valence-electron chi connectivity index (χ0n) is 9.62. The second-order valence-electron chi connectivity index (χ2n) is 3.71. The van der Waals surface area contributed by atoms with E-state index in [2.05, 4.69) is 13.8 Å². The fourth-order valence-corrected chi connectivity index (χ4v) is 1.43. The van der Waals surface area contributed by atoms with Crippen LogP contribution < -0.4 is 4.74 Å². The molecule has 2 heteroatoms. The summed E-state index contributed by atoms with van der Waals surface area (Å²) in [6.45, 7) is 4.94. The molecule has 1 N–H and O–H groups in total. The van der Waals surface area contributed by atoms with Crippen molar-refractivity contribution in [2.45, 2.75) is 39.5 Å². The summed E-state index contributed by atoms with van der Waals surface area (Å²) >= 11 is 0. The summed E-state index contributed by atoms with van der Waals surface area (Å²) in [5, 5.41) is 9.56. The average molecular weight is 208 g/mol. The number of ether oxygens (including phenoxy) is 1. The van der Waals surface area contributed by atoms with Crippen LogP contribution in [0, 0.1) is 0 Å². The van der Waals surface area contributed by atoms with Crippen LogP contribution in [0.4, 0.5) is 0 Å². The third kappa shape index (κ3) is 3.82. The first kappa shape index (κ1) is 11.9. The topological polar surface area (TPSA) is 29.5 Å². The molecule has 0 aliphatic rings. The predicted octanol–water partition coefficient (Wildman–Crippen LogP) is 3.52. The van der Waals surface area contributed by atoms with Crippen LogP contribution in [0.1, 0.15) is 38.7 Å². The summed E-state index contributed by atoms with van der Waals surface area (Å²) in [5.41, 5.74) is 1.19. The van der Waals surface area contributed by atoms with Crippen LogP contribution in [0.2, 0.25) is 0 Å². The fraction of sp³-hybridized carbons (Fsp3) is 0.538. The van der Waals surface area contributed by atoms with Gasteiger partial charge >= 0.3 is 0 Å². The van der Waals surface area contributed by atoms with Gasteiger partial charge in [0.2, 0.25) is 0 Å². The van der Waals surface area contributed by atoms with Crippen LogP contribution in [0.5, 0.6) is 11.5 Å². The monoisotopic (exact) mass is 208 g/mol. The maximum absolute atomic E-state index is 9.56. The van der Waals surface area contributed by atoms with E-state index in [1.807, 2.05) is 12.1 Å². The molecule has 15 heavy (non-hydrogen) atoms. The van der Waals surface area contributed by atoms with Crippen molar-refractivity contribution in [2.24, 2.45) is 0 Å². The minimum Gasteiger partial charge on any atom is -0.504 e. The van der Waals surface area contributed by atoms with Crippen LogP contribution >= 0.6 is 0 Å². The van der Waals surface area contributed by atoms with E-state index in [1.165, 1.54) is 18.4 Å². The Morgan fingerprint density at radius 2 is 2.00 bits per heavy atom. The predicted molar refractivity (Wildman–Crippen MR) is 62.5 cm³/mol. The quantitative estimate of drug-likeness (QED) is 0.725. The van der Waals surface area contributed by atoms with E-state index in [4.69, 9.17) is 4.74 Å². The number of aryl methyl sites for hydroxylation is 1. The Balaban J connectivity index is 2.51. The van der Waals surface area contributed by atoms with Gasteiger partial charge in [-0.05, 0) is 30.5 Å². The molecule has 2 nitrogen and oxygen atoms in total. The number of benzene rings is 1. The highest BCUT2D eigenvalue weighted by Gasteiger charge is 2.02. The molecule has 0 fully saturated rings. The first-order chi connectivity index (χ1) is 7.27. The molecule has 0 bridgehead atoms. The zero-order chi connectivity index (χ0) is 11.1. The lowest BCUT2D eigenvalue weighted by molar-refractivity contribution is 0.290. The normalized spacial score (nSPS) is 10.3. The molecule has 0 aliphatic carbocycles. The first-order valence-electron chi connectivity index (χ1n) is 5.72. The third-order valence-corrected chi connectivity index (χ3v) is 2.44. The van der Waals surface area contributed by atoms with Gasteiger partial charge in [0, 0.05) is 0 Å². The van der Waals surface area contributed by atoms with Crippen LogP contribution in [-0.4, -0.2) is 11.7 Å². The van der Waals surface area contributed by atoms with Gasteiger partial charge in [0.05, 0.1) is 6.61 Å². The molecule has 1 aromatic carbocycles. The van der Waals surface area contributed by atoms with Crippen molar-refractivity contribution in [3.05, 3.63) is 23.8 Å². The van der Waals surface area contributed by atoms with Crippen LogP contribution in [0.25, 0.3) is 0 Å². The van der Waals surface area contributed by atoms with Crippen molar-refractivity contribution in [1.82, 2.24) is 0 Å². The molecule has 0 aliphatic heterocycles. The minimum absolute atomic E-state index is 0.240. The lowest BCUT2D eigenvalue weighted by Gasteiger charge is -2.08. The van der Waals surface area contributed by atoms with Crippen molar-refractivity contribution >= 4 is 0 Å². The molecule has 0 atom stereocenters. The zero-order valence-corrected chi connectivity index (χ0v) is 9.62. The Morgan fingerprint density at radius 3 is 2.67 bits per heavy atom. The van der Waals surface area contributed by atoms with E-state index < -0.39 is 0 Å². The van der Waals surface area contributed by atoms with Crippen molar-refractivity contribution in [3.8, 4) is 11.5 Å². The van der Waals surface area contributed by atoms with E-state index in [-0.39, 0.29) is 5.75 Å². The van der Waals surface area contributed by atoms with Gasteiger partial charge in [-0.2, -0.15) is 0 Å². The van der Waals surface area contributed by atoms with Crippen LogP contribution in [0.15, 0.2) is 18.2 Å². The number of phenolic OH excluding ortho intramolecular Hbond substituents is 1. The van der Waals surface area contributed by atoms with Crippen molar-refractivity contribution in [1.29, 1.82) is 0 Å². The average Bonchev–Trinajstić information content (AvgIpc) is 2.26. The van der Waals surface area contributed by atoms with E-state index >= 15 is 0 Å².